The van der Waals surface area contributed by atoms with Crippen molar-refractivity contribution in [3.05, 3.63) is 65.7 Å². The van der Waals surface area contributed by atoms with E-state index in [1.54, 1.807) is 0 Å². The third kappa shape index (κ3) is 5.83. The van der Waals surface area contributed by atoms with Crippen molar-refractivity contribution in [2.24, 2.45) is 5.92 Å². The summed E-state index contributed by atoms with van der Waals surface area (Å²) in [5, 5.41) is 3.35. The fourth-order valence-corrected chi connectivity index (χ4v) is 3.54. The zero-order valence-corrected chi connectivity index (χ0v) is 16.2. The Morgan fingerprint density at radius 3 is 2.33 bits per heavy atom. The largest absolute Gasteiger partial charge is 0.489 e. The Kier molecular flexibility index (Phi) is 6.51. The molecule has 1 heterocycles. The molecule has 27 heavy (non-hydrogen) atoms. The van der Waals surface area contributed by atoms with Gasteiger partial charge in [-0.05, 0) is 63.0 Å². The van der Waals surface area contributed by atoms with E-state index in [1.165, 1.54) is 0 Å². The van der Waals surface area contributed by atoms with Gasteiger partial charge in [0.25, 0.3) is 0 Å². The summed E-state index contributed by atoms with van der Waals surface area (Å²) in [6.45, 7) is 6.58. The molecule has 1 aliphatic heterocycles. The molecule has 144 valence electrons. The molecule has 0 unspecified atom stereocenters. The molecule has 4 nitrogen and oxygen atoms in total. The lowest BCUT2D eigenvalue weighted by molar-refractivity contribution is -0.161. The third-order valence-corrected chi connectivity index (χ3v) is 5.22. The van der Waals surface area contributed by atoms with Crippen LogP contribution in [0.15, 0.2) is 54.6 Å². The fraction of sp³-hybridized carbons (Fsp3) is 0.435. The topological polar surface area (TPSA) is 47.6 Å². The number of piperidine rings is 1. The summed E-state index contributed by atoms with van der Waals surface area (Å²) in [5.41, 5.74) is 1.65. The molecule has 1 N–H and O–H groups in total. The summed E-state index contributed by atoms with van der Waals surface area (Å²) in [7, 11) is 0. The highest BCUT2D eigenvalue weighted by atomic mass is 16.6. The van der Waals surface area contributed by atoms with Gasteiger partial charge < -0.3 is 14.8 Å². The highest BCUT2D eigenvalue weighted by Gasteiger charge is 2.33. The van der Waals surface area contributed by atoms with Gasteiger partial charge in [-0.2, -0.15) is 0 Å². The van der Waals surface area contributed by atoms with Gasteiger partial charge in [0.05, 0.1) is 6.42 Å². The SMILES string of the molecule is CC(C)(OC(=O)Cc1ccc(OCc2ccccc2)cc1)C1CCNCC1. The lowest BCUT2D eigenvalue weighted by Gasteiger charge is -2.36. The second kappa shape index (κ2) is 9.05. The van der Waals surface area contributed by atoms with Gasteiger partial charge in [-0.25, -0.2) is 0 Å². The molecule has 0 spiro atoms. The van der Waals surface area contributed by atoms with Gasteiger partial charge in [-0.15, -0.1) is 0 Å². The van der Waals surface area contributed by atoms with Crippen LogP contribution in [0.2, 0.25) is 0 Å². The Bertz CT molecular complexity index is 719. The van der Waals surface area contributed by atoms with Crippen molar-refractivity contribution < 1.29 is 14.3 Å². The summed E-state index contributed by atoms with van der Waals surface area (Å²) >= 11 is 0. The quantitative estimate of drug-likeness (QED) is 0.748. The molecular formula is C23H29NO3. The highest BCUT2D eigenvalue weighted by molar-refractivity contribution is 5.73. The number of rotatable bonds is 7. The zero-order chi connectivity index (χ0) is 19.1. The Balaban J connectivity index is 1.49. The van der Waals surface area contributed by atoms with E-state index in [1.807, 2.05) is 68.4 Å². The van der Waals surface area contributed by atoms with E-state index in [2.05, 4.69) is 5.32 Å². The van der Waals surface area contributed by atoms with Crippen LogP contribution in [-0.4, -0.2) is 24.7 Å². The summed E-state index contributed by atoms with van der Waals surface area (Å²) in [6, 6.07) is 17.7. The molecule has 2 aromatic carbocycles. The lowest BCUT2D eigenvalue weighted by atomic mass is 9.83. The summed E-state index contributed by atoms with van der Waals surface area (Å²) in [4.78, 5) is 12.4. The predicted molar refractivity (Wildman–Crippen MR) is 107 cm³/mol. The van der Waals surface area contributed by atoms with Crippen molar-refractivity contribution in [3.63, 3.8) is 0 Å². The van der Waals surface area contributed by atoms with E-state index in [0.717, 1.165) is 42.8 Å². The molecule has 0 radical (unpaired) electrons. The molecule has 1 fully saturated rings. The molecular weight excluding hydrogens is 338 g/mol. The molecule has 3 rings (SSSR count). The number of hydrogen-bond acceptors (Lipinski definition) is 4. The van der Waals surface area contributed by atoms with E-state index in [-0.39, 0.29) is 12.4 Å². The van der Waals surface area contributed by atoms with Crippen LogP contribution in [0.25, 0.3) is 0 Å². The number of carbonyl (C=O) groups excluding carboxylic acids is 1. The summed E-state index contributed by atoms with van der Waals surface area (Å²) < 4.78 is 11.6. The highest BCUT2D eigenvalue weighted by Crippen LogP contribution is 2.29. The van der Waals surface area contributed by atoms with E-state index < -0.39 is 5.60 Å². The third-order valence-electron chi connectivity index (χ3n) is 5.22. The van der Waals surface area contributed by atoms with Crippen molar-refractivity contribution >= 4 is 5.97 Å². The molecule has 1 aliphatic rings. The van der Waals surface area contributed by atoms with Crippen LogP contribution in [0.5, 0.6) is 5.75 Å². The van der Waals surface area contributed by atoms with E-state index >= 15 is 0 Å². The van der Waals surface area contributed by atoms with Crippen molar-refractivity contribution in [2.75, 3.05) is 13.1 Å². The minimum absolute atomic E-state index is 0.170. The van der Waals surface area contributed by atoms with E-state index in [9.17, 15) is 4.79 Å². The number of benzene rings is 2. The van der Waals surface area contributed by atoms with Crippen LogP contribution >= 0.6 is 0 Å². The monoisotopic (exact) mass is 367 g/mol. The predicted octanol–water partition coefficient (Wildman–Crippen LogP) is 4.13. The first-order valence-corrected chi connectivity index (χ1v) is 9.71. The molecule has 0 aliphatic carbocycles. The van der Waals surface area contributed by atoms with Gasteiger partial charge in [0.2, 0.25) is 0 Å². The number of carbonyl (C=O) groups is 1. The van der Waals surface area contributed by atoms with Gasteiger partial charge in [0, 0.05) is 5.92 Å². The second-order valence-electron chi connectivity index (χ2n) is 7.70. The van der Waals surface area contributed by atoms with Gasteiger partial charge >= 0.3 is 5.97 Å². The first-order chi connectivity index (χ1) is 13.0. The fourth-order valence-electron chi connectivity index (χ4n) is 3.54. The van der Waals surface area contributed by atoms with Gasteiger partial charge in [0.1, 0.15) is 18.0 Å². The van der Waals surface area contributed by atoms with Crippen molar-refractivity contribution in [1.29, 1.82) is 0 Å². The van der Waals surface area contributed by atoms with E-state index in [0.29, 0.717) is 12.5 Å². The molecule has 0 amide bonds. The average Bonchev–Trinajstić information content (AvgIpc) is 2.68. The minimum atomic E-state index is -0.419. The molecule has 1 saturated heterocycles. The molecule has 0 saturated carbocycles. The van der Waals surface area contributed by atoms with Gasteiger partial charge in [-0.1, -0.05) is 42.5 Å². The number of ether oxygens (including phenoxy) is 2. The number of esters is 1. The smallest absolute Gasteiger partial charge is 0.310 e. The maximum Gasteiger partial charge on any atom is 0.310 e. The van der Waals surface area contributed by atoms with Gasteiger partial charge in [-0.3, -0.25) is 4.79 Å². The molecule has 2 aromatic rings. The molecule has 4 heteroatoms. The number of nitrogens with one attached hydrogen (secondary N) is 1. The molecule has 0 atom stereocenters. The summed E-state index contributed by atoms with van der Waals surface area (Å²) in [5.74, 6) is 1.04. The summed E-state index contributed by atoms with van der Waals surface area (Å²) in [6.07, 6.45) is 2.38. The Morgan fingerprint density at radius 2 is 1.67 bits per heavy atom. The van der Waals surface area contributed by atoms with Gasteiger partial charge in [0.15, 0.2) is 0 Å². The first-order valence-electron chi connectivity index (χ1n) is 9.71. The lowest BCUT2D eigenvalue weighted by Crippen LogP contribution is -2.43. The minimum Gasteiger partial charge on any atom is -0.489 e. The van der Waals surface area contributed by atoms with Crippen LogP contribution in [-0.2, 0) is 22.6 Å². The molecule has 0 aromatic heterocycles. The van der Waals surface area contributed by atoms with Crippen LogP contribution in [0.1, 0.15) is 37.8 Å². The Morgan fingerprint density at radius 1 is 1.00 bits per heavy atom. The standard InChI is InChI=1S/C23H29NO3/c1-23(2,20-12-14-24-15-13-20)27-22(25)16-18-8-10-21(11-9-18)26-17-19-6-4-3-5-7-19/h3-11,20,24H,12-17H2,1-2H3. The maximum absolute atomic E-state index is 12.4. The van der Waals surface area contributed by atoms with Crippen molar-refractivity contribution in [3.8, 4) is 5.75 Å². The Labute approximate surface area is 161 Å². The normalized spacial score (nSPS) is 15.3. The molecule has 0 bridgehead atoms. The maximum atomic E-state index is 12.4. The van der Waals surface area contributed by atoms with Crippen molar-refractivity contribution in [2.45, 2.75) is 45.3 Å². The zero-order valence-electron chi connectivity index (χ0n) is 16.2. The first kappa shape index (κ1) is 19.4. The van der Waals surface area contributed by atoms with E-state index in [4.69, 9.17) is 9.47 Å². The second-order valence-corrected chi connectivity index (χ2v) is 7.70. The van der Waals surface area contributed by atoms with Crippen LogP contribution in [0.3, 0.4) is 0 Å². The van der Waals surface area contributed by atoms with Crippen LogP contribution < -0.4 is 10.1 Å². The number of hydrogen-bond donors (Lipinski definition) is 1. The van der Waals surface area contributed by atoms with Crippen LogP contribution in [0.4, 0.5) is 0 Å². The Hall–Kier alpha value is -2.33. The van der Waals surface area contributed by atoms with Crippen molar-refractivity contribution in [1.82, 2.24) is 5.32 Å². The average molecular weight is 367 g/mol. The van der Waals surface area contributed by atoms with Crippen LogP contribution in [0, 0.1) is 5.92 Å².